The third kappa shape index (κ3) is 2.24. The molecule has 4 rings (SSSR count). The molecule has 2 aromatic rings. The number of rotatable bonds is 6. The van der Waals surface area contributed by atoms with Gasteiger partial charge in [-0.15, -0.1) is 0 Å². The van der Waals surface area contributed by atoms with Crippen molar-refractivity contribution >= 4 is 5.65 Å². The van der Waals surface area contributed by atoms with Crippen molar-refractivity contribution < 1.29 is 4.39 Å². The summed E-state index contributed by atoms with van der Waals surface area (Å²) in [5, 5.41) is 6.60. The molecule has 0 radical (unpaired) electrons. The van der Waals surface area contributed by atoms with E-state index < -0.39 is 6.17 Å². The molecule has 2 aliphatic carbocycles. The Morgan fingerprint density at radius 1 is 1.33 bits per heavy atom. The Morgan fingerprint density at radius 3 is 2.95 bits per heavy atom. The number of hydrogen-bond donors (Lipinski definition) is 2. The van der Waals surface area contributed by atoms with E-state index in [-0.39, 0.29) is 0 Å². The van der Waals surface area contributed by atoms with Gasteiger partial charge in [0.25, 0.3) is 0 Å². The zero-order valence-corrected chi connectivity index (χ0v) is 12.3. The maximum Gasteiger partial charge on any atom is 0.137 e. The Hall–Kier alpha value is -1.46. The van der Waals surface area contributed by atoms with E-state index in [9.17, 15) is 4.39 Å². The monoisotopic (exact) mass is 288 g/mol. The molecule has 0 bridgehead atoms. The molecule has 112 valence electrons. The highest BCUT2D eigenvalue weighted by molar-refractivity contribution is 5.41. The summed E-state index contributed by atoms with van der Waals surface area (Å²) in [5.74, 6) is 0.352. The van der Waals surface area contributed by atoms with Crippen molar-refractivity contribution in [2.75, 3.05) is 13.6 Å². The van der Waals surface area contributed by atoms with Crippen LogP contribution in [-0.4, -0.2) is 29.1 Å². The van der Waals surface area contributed by atoms with Gasteiger partial charge in [-0.25, -0.2) is 9.37 Å². The van der Waals surface area contributed by atoms with E-state index in [1.54, 1.807) is 0 Å². The fourth-order valence-electron chi connectivity index (χ4n) is 3.69. The minimum Gasteiger partial charge on any atom is -0.314 e. The van der Waals surface area contributed by atoms with Crippen LogP contribution in [0.15, 0.2) is 24.5 Å². The lowest BCUT2D eigenvalue weighted by molar-refractivity contribution is 0.118. The van der Waals surface area contributed by atoms with Gasteiger partial charge < -0.3 is 15.0 Å². The minimum absolute atomic E-state index is 0.304. The standard InChI is InChI=1S/C16H21FN4/c1-18-7-12-9-21-8-11(2-3-15(21)20-12)6-19-10-16-4-13(16)14(17)5-16/h2-3,8-9,13-14,18-19H,4-7,10H2,1H3. The second kappa shape index (κ2) is 4.78. The van der Waals surface area contributed by atoms with Crippen LogP contribution < -0.4 is 10.6 Å². The average Bonchev–Trinajstić information content (AvgIpc) is 2.87. The summed E-state index contributed by atoms with van der Waals surface area (Å²) in [6, 6.07) is 4.16. The topological polar surface area (TPSA) is 41.4 Å². The molecule has 21 heavy (non-hydrogen) atoms. The van der Waals surface area contributed by atoms with Crippen LogP contribution in [0.4, 0.5) is 4.39 Å². The highest BCUT2D eigenvalue weighted by Gasteiger charge is 2.67. The molecule has 0 saturated heterocycles. The van der Waals surface area contributed by atoms with Crippen LogP contribution in [-0.2, 0) is 13.1 Å². The maximum atomic E-state index is 13.1. The van der Waals surface area contributed by atoms with E-state index in [1.807, 2.05) is 7.05 Å². The average molecular weight is 288 g/mol. The van der Waals surface area contributed by atoms with E-state index in [0.29, 0.717) is 11.3 Å². The number of aromatic nitrogens is 2. The molecular weight excluding hydrogens is 267 g/mol. The second-order valence-electron chi connectivity index (χ2n) is 6.56. The Balaban J connectivity index is 1.37. The first-order chi connectivity index (χ1) is 10.2. The molecule has 3 atom stereocenters. The van der Waals surface area contributed by atoms with Crippen molar-refractivity contribution in [1.29, 1.82) is 0 Å². The third-order valence-electron chi connectivity index (χ3n) is 5.02. The summed E-state index contributed by atoms with van der Waals surface area (Å²) in [6.45, 7) is 2.57. The number of alkyl halides is 1. The quantitative estimate of drug-likeness (QED) is 0.853. The van der Waals surface area contributed by atoms with Crippen LogP contribution >= 0.6 is 0 Å². The van der Waals surface area contributed by atoms with Gasteiger partial charge in [0.05, 0.1) is 5.69 Å². The smallest absolute Gasteiger partial charge is 0.137 e. The molecule has 0 spiro atoms. The van der Waals surface area contributed by atoms with Gasteiger partial charge in [-0.05, 0) is 42.9 Å². The molecular formula is C16H21FN4. The SMILES string of the molecule is CNCc1cn2cc(CNCC34CC(F)C3C4)ccc2n1. The minimum atomic E-state index is -0.528. The number of imidazole rings is 1. The summed E-state index contributed by atoms with van der Waals surface area (Å²) >= 11 is 0. The van der Waals surface area contributed by atoms with Gasteiger partial charge >= 0.3 is 0 Å². The van der Waals surface area contributed by atoms with Gasteiger partial charge in [0.2, 0.25) is 0 Å². The van der Waals surface area contributed by atoms with Crippen molar-refractivity contribution in [3.63, 3.8) is 0 Å². The van der Waals surface area contributed by atoms with Crippen molar-refractivity contribution in [2.24, 2.45) is 11.3 Å². The number of halogens is 1. The van der Waals surface area contributed by atoms with Crippen LogP contribution in [0.3, 0.4) is 0 Å². The van der Waals surface area contributed by atoms with Gasteiger partial charge in [0.15, 0.2) is 0 Å². The molecule has 0 aliphatic heterocycles. The lowest BCUT2D eigenvalue weighted by Crippen LogP contribution is -2.36. The number of nitrogens with one attached hydrogen (secondary N) is 2. The summed E-state index contributed by atoms with van der Waals surface area (Å²) in [7, 11) is 1.92. The predicted octanol–water partition coefficient (Wildman–Crippen LogP) is 1.89. The Kier molecular flexibility index (Phi) is 3.01. The molecule has 2 heterocycles. The molecule has 2 aliphatic rings. The Morgan fingerprint density at radius 2 is 2.24 bits per heavy atom. The molecule has 5 heteroatoms. The zero-order chi connectivity index (χ0) is 14.4. The van der Waals surface area contributed by atoms with Crippen LogP contribution in [0.25, 0.3) is 5.65 Å². The number of pyridine rings is 1. The van der Waals surface area contributed by atoms with Crippen molar-refractivity contribution in [1.82, 2.24) is 20.0 Å². The van der Waals surface area contributed by atoms with Crippen LogP contribution in [0.5, 0.6) is 0 Å². The van der Waals surface area contributed by atoms with Crippen LogP contribution in [0, 0.1) is 11.3 Å². The molecule has 2 fully saturated rings. The summed E-state index contributed by atoms with van der Waals surface area (Å²) in [6.07, 6.45) is 5.49. The van der Waals surface area contributed by atoms with Crippen molar-refractivity contribution in [3.05, 3.63) is 35.8 Å². The van der Waals surface area contributed by atoms with Gasteiger partial charge in [0.1, 0.15) is 11.8 Å². The van der Waals surface area contributed by atoms with Crippen LogP contribution in [0.1, 0.15) is 24.1 Å². The maximum absolute atomic E-state index is 13.1. The summed E-state index contributed by atoms with van der Waals surface area (Å²) in [4.78, 5) is 4.54. The van der Waals surface area contributed by atoms with E-state index in [1.165, 1.54) is 5.56 Å². The normalized spacial score (nSPS) is 30.2. The largest absolute Gasteiger partial charge is 0.314 e. The molecule has 2 N–H and O–H groups in total. The van der Waals surface area contributed by atoms with Crippen molar-refractivity contribution in [3.8, 4) is 0 Å². The van der Waals surface area contributed by atoms with E-state index in [2.05, 4.69) is 44.5 Å². The molecule has 2 saturated carbocycles. The molecule has 3 unspecified atom stereocenters. The first-order valence-electron chi connectivity index (χ1n) is 7.66. The summed E-state index contributed by atoms with van der Waals surface area (Å²) < 4.78 is 15.2. The lowest BCUT2D eigenvalue weighted by atomic mass is 9.83. The molecule has 2 aromatic heterocycles. The number of nitrogens with zero attached hydrogens (tertiary/aromatic N) is 2. The highest BCUT2D eigenvalue weighted by atomic mass is 19.1. The second-order valence-corrected chi connectivity index (χ2v) is 6.56. The third-order valence-corrected chi connectivity index (χ3v) is 5.02. The Labute approximate surface area is 123 Å². The fraction of sp³-hybridized carbons (Fsp3) is 0.562. The fourth-order valence-corrected chi connectivity index (χ4v) is 3.69. The zero-order valence-electron chi connectivity index (χ0n) is 12.3. The first kappa shape index (κ1) is 13.2. The molecule has 0 aromatic carbocycles. The molecule has 4 nitrogen and oxygen atoms in total. The Bertz CT molecular complexity index is 667. The van der Waals surface area contributed by atoms with E-state index in [0.717, 1.165) is 43.8 Å². The van der Waals surface area contributed by atoms with Gasteiger partial charge in [-0.1, -0.05) is 6.07 Å². The highest BCUT2D eigenvalue weighted by Crippen LogP contribution is 2.68. The van der Waals surface area contributed by atoms with E-state index in [4.69, 9.17) is 0 Å². The lowest BCUT2D eigenvalue weighted by Gasteiger charge is -2.29. The van der Waals surface area contributed by atoms with Crippen LogP contribution in [0.2, 0.25) is 0 Å². The number of hydrogen-bond acceptors (Lipinski definition) is 3. The number of fused-ring (bicyclic) bond motifs is 2. The predicted molar refractivity (Wildman–Crippen MR) is 79.7 cm³/mol. The van der Waals surface area contributed by atoms with Crippen molar-refractivity contribution in [2.45, 2.75) is 32.1 Å². The van der Waals surface area contributed by atoms with Gasteiger partial charge in [-0.3, -0.25) is 0 Å². The summed E-state index contributed by atoms with van der Waals surface area (Å²) in [5.41, 5.74) is 3.56. The van der Waals surface area contributed by atoms with Gasteiger partial charge in [-0.2, -0.15) is 0 Å². The first-order valence-corrected chi connectivity index (χ1v) is 7.66. The van der Waals surface area contributed by atoms with E-state index >= 15 is 0 Å². The van der Waals surface area contributed by atoms with Gasteiger partial charge in [0, 0.05) is 32.0 Å². The molecule has 0 amide bonds.